The Balaban J connectivity index is 1.96. The predicted molar refractivity (Wildman–Crippen MR) is 86.9 cm³/mol. The van der Waals surface area contributed by atoms with Crippen molar-refractivity contribution in [2.24, 2.45) is 0 Å². The summed E-state index contributed by atoms with van der Waals surface area (Å²) in [7, 11) is 0. The molecule has 25 heavy (non-hydrogen) atoms. The second-order valence-electron chi connectivity index (χ2n) is 4.97. The second-order valence-corrected chi connectivity index (χ2v) is 5.81. The fourth-order valence-corrected chi connectivity index (χ4v) is 2.34. The number of nitrogens with one attached hydrogen (secondary N) is 1. The molecule has 0 saturated heterocycles. The number of carbonyl (C=O) groups is 1. The van der Waals surface area contributed by atoms with Gasteiger partial charge in [0.15, 0.2) is 0 Å². The second kappa shape index (κ2) is 7.95. The van der Waals surface area contributed by atoms with Crippen molar-refractivity contribution in [3.8, 4) is 5.75 Å². The van der Waals surface area contributed by atoms with E-state index in [1.165, 1.54) is 30.3 Å². The van der Waals surface area contributed by atoms with Crippen molar-refractivity contribution >= 4 is 29.1 Å². The van der Waals surface area contributed by atoms with Crippen molar-refractivity contribution in [1.29, 1.82) is 0 Å². The molecular formula is C16H12Cl2F3NO3. The minimum atomic E-state index is -4.79. The fraction of sp³-hybridized carbons (Fsp3) is 0.188. The first kappa shape index (κ1) is 19.4. The Bertz CT molecular complexity index is 751. The number of halogens is 5. The number of benzene rings is 2. The summed E-state index contributed by atoms with van der Waals surface area (Å²) in [5.74, 6) is -0.943. The zero-order valence-corrected chi connectivity index (χ0v) is 14.0. The number of amides is 1. The Morgan fingerprint density at radius 3 is 2.40 bits per heavy atom. The highest BCUT2D eigenvalue weighted by molar-refractivity contribution is 6.35. The third-order valence-electron chi connectivity index (χ3n) is 3.13. The lowest BCUT2D eigenvalue weighted by Crippen LogP contribution is -2.28. The summed E-state index contributed by atoms with van der Waals surface area (Å²) in [6, 6.07) is 9.06. The summed E-state index contributed by atoms with van der Waals surface area (Å²) >= 11 is 11.7. The molecule has 2 N–H and O–H groups in total. The van der Waals surface area contributed by atoms with Crippen LogP contribution in [0.15, 0.2) is 42.5 Å². The lowest BCUT2D eigenvalue weighted by atomic mass is 10.1. The van der Waals surface area contributed by atoms with Gasteiger partial charge in [-0.1, -0.05) is 35.3 Å². The number of hydrogen-bond acceptors (Lipinski definition) is 3. The van der Waals surface area contributed by atoms with Crippen LogP contribution >= 0.6 is 23.2 Å². The molecule has 1 atom stereocenters. The molecule has 2 rings (SSSR count). The van der Waals surface area contributed by atoms with Gasteiger partial charge in [-0.15, -0.1) is 13.2 Å². The van der Waals surface area contributed by atoms with Gasteiger partial charge in [-0.05, 0) is 35.9 Å². The van der Waals surface area contributed by atoms with Crippen LogP contribution in [0, 0.1) is 0 Å². The Kier molecular flexibility index (Phi) is 6.16. The first-order valence-corrected chi connectivity index (χ1v) is 7.68. The van der Waals surface area contributed by atoms with Gasteiger partial charge in [0, 0.05) is 11.6 Å². The molecule has 0 aliphatic rings. The van der Waals surface area contributed by atoms with Gasteiger partial charge in [0.25, 0.3) is 5.91 Å². The normalized spacial score (nSPS) is 12.6. The molecule has 1 unspecified atom stereocenters. The highest BCUT2D eigenvalue weighted by Crippen LogP contribution is 2.24. The molecule has 0 bridgehead atoms. The third-order valence-corrected chi connectivity index (χ3v) is 3.69. The van der Waals surface area contributed by atoms with Gasteiger partial charge in [-0.3, -0.25) is 4.79 Å². The summed E-state index contributed by atoms with van der Waals surface area (Å²) < 4.78 is 40.0. The van der Waals surface area contributed by atoms with Gasteiger partial charge in [-0.2, -0.15) is 0 Å². The average molecular weight is 394 g/mol. The van der Waals surface area contributed by atoms with Crippen LogP contribution in [0.5, 0.6) is 5.75 Å². The average Bonchev–Trinajstić information content (AvgIpc) is 2.53. The fourth-order valence-electron chi connectivity index (χ4n) is 1.97. The number of hydrogen-bond donors (Lipinski definition) is 2. The van der Waals surface area contributed by atoms with Crippen LogP contribution in [0.3, 0.4) is 0 Å². The first-order chi connectivity index (χ1) is 11.7. The van der Waals surface area contributed by atoms with E-state index in [0.29, 0.717) is 10.6 Å². The molecule has 4 nitrogen and oxygen atoms in total. The summed E-state index contributed by atoms with van der Waals surface area (Å²) in [4.78, 5) is 12.1. The van der Waals surface area contributed by atoms with Crippen LogP contribution in [0.2, 0.25) is 10.0 Å². The van der Waals surface area contributed by atoms with Crippen LogP contribution in [-0.2, 0) is 0 Å². The molecule has 0 fully saturated rings. The minimum Gasteiger partial charge on any atom is -0.406 e. The van der Waals surface area contributed by atoms with E-state index in [1.54, 1.807) is 0 Å². The van der Waals surface area contributed by atoms with Crippen LogP contribution in [0.1, 0.15) is 22.0 Å². The van der Waals surface area contributed by atoms with Crippen LogP contribution in [0.4, 0.5) is 13.2 Å². The predicted octanol–water partition coefficient (Wildman–Crippen LogP) is 4.36. The Morgan fingerprint density at radius 1 is 1.16 bits per heavy atom. The summed E-state index contributed by atoms with van der Waals surface area (Å²) in [6.45, 7) is -0.166. The zero-order chi connectivity index (χ0) is 18.6. The van der Waals surface area contributed by atoms with Gasteiger partial charge in [0.2, 0.25) is 0 Å². The van der Waals surface area contributed by atoms with Crippen LogP contribution in [-0.4, -0.2) is 23.9 Å². The highest BCUT2D eigenvalue weighted by Gasteiger charge is 2.31. The molecule has 0 aliphatic heterocycles. The third kappa shape index (κ3) is 5.81. The van der Waals surface area contributed by atoms with Crippen molar-refractivity contribution < 1.29 is 27.8 Å². The quantitative estimate of drug-likeness (QED) is 0.793. The maximum absolute atomic E-state index is 12.1. The smallest absolute Gasteiger partial charge is 0.406 e. The summed E-state index contributed by atoms with van der Waals surface area (Å²) in [6.07, 6.45) is -5.91. The number of aliphatic hydroxyl groups is 1. The van der Waals surface area contributed by atoms with E-state index < -0.39 is 24.1 Å². The van der Waals surface area contributed by atoms with Gasteiger partial charge >= 0.3 is 6.36 Å². The minimum absolute atomic E-state index is 0.148. The summed E-state index contributed by atoms with van der Waals surface area (Å²) in [5.41, 5.74) is 0.460. The molecule has 0 radical (unpaired) electrons. The Labute approximate surface area is 151 Å². The number of rotatable bonds is 5. The number of alkyl halides is 3. The monoisotopic (exact) mass is 393 g/mol. The molecule has 2 aromatic carbocycles. The van der Waals surface area contributed by atoms with Crippen molar-refractivity contribution in [2.75, 3.05) is 6.54 Å². The lowest BCUT2D eigenvalue weighted by Gasteiger charge is -2.14. The van der Waals surface area contributed by atoms with Gasteiger partial charge < -0.3 is 15.2 Å². The Hall–Kier alpha value is -1.96. The number of carbonyl (C=O) groups excluding carboxylic acids is 1. The van der Waals surface area contributed by atoms with Crippen LogP contribution in [0.25, 0.3) is 0 Å². The van der Waals surface area contributed by atoms with E-state index in [2.05, 4.69) is 10.1 Å². The Morgan fingerprint density at radius 2 is 1.80 bits per heavy atom. The maximum Gasteiger partial charge on any atom is 0.573 e. The van der Waals surface area contributed by atoms with Crippen molar-refractivity contribution in [2.45, 2.75) is 12.5 Å². The molecule has 1 amide bonds. The van der Waals surface area contributed by atoms with E-state index in [9.17, 15) is 23.1 Å². The molecule has 0 saturated carbocycles. The van der Waals surface area contributed by atoms with E-state index in [0.717, 1.165) is 12.1 Å². The maximum atomic E-state index is 12.1. The number of ether oxygens (including phenoxy) is 1. The van der Waals surface area contributed by atoms with E-state index in [4.69, 9.17) is 23.2 Å². The van der Waals surface area contributed by atoms with E-state index in [1.807, 2.05) is 0 Å². The molecule has 0 aromatic heterocycles. The first-order valence-electron chi connectivity index (χ1n) is 6.93. The molecule has 0 spiro atoms. The number of aliphatic hydroxyl groups excluding tert-OH is 1. The van der Waals surface area contributed by atoms with Crippen molar-refractivity contribution in [3.05, 3.63) is 63.6 Å². The van der Waals surface area contributed by atoms with Crippen molar-refractivity contribution in [1.82, 2.24) is 5.32 Å². The zero-order valence-electron chi connectivity index (χ0n) is 12.5. The van der Waals surface area contributed by atoms with Crippen molar-refractivity contribution in [3.63, 3.8) is 0 Å². The van der Waals surface area contributed by atoms with Gasteiger partial charge in [-0.25, -0.2) is 0 Å². The van der Waals surface area contributed by atoms with E-state index in [-0.39, 0.29) is 17.1 Å². The highest BCUT2D eigenvalue weighted by atomic mass is 35.5. The molecule has 2 aromatic rings. The van der Waals surface area contributed by atoms with Gasteiger partial charge in [0.1, 0.15) is 5.75 Å². The molecule has 9 heteroatoms. The lowest BCUT2D eigenvalue weighted by molar-refractivity contribution is -0.274. The standard InChI is InChI=1S/C16H12Cl2F3NO3/c17-10-3-6-13(18)12(7-10)15(24)22-8-14(23)9-1-4-11(5-2-9)25-16(19,20)21/h1-7,14,23H,8H2,(H,22,24). The SMILES string of the molecule is O=C(NCC(O)c1ccc(OC(F)(F)F)cc1)c1cc(Cl)ccc1Cl. The van der Waals surface area contributed by atoms with Gasteiger partial charge in [0.05, 0.1) is 16.7 Å². The molecule has 0 heterocycles. The molecule has 134 valence electrons. The molecular weight excluding hydrogens is 382 g/mol. The topological polar surface area (TPSA) is 58.6 Å². The van der Waals surface area contributed by atoms with E-state index >= 15 is 0 Å². The van der Waals surface area contributed by atoms with Crippen LogP contribution < -0.4 is 10.1 Å². The largest absolute Gasteiger partial charge is 0.573 e. The summed E-state index contributed by atoms with van der Waals surface area (Å²) in [5, 5.41) is 13.0. The molecule has 0 aliphatic carbocycles.